The molecule has 0 spiro atoms. The normalized spacial score (nSPS) is 28.9. The highest BCUT2D eigenvalue weighted by Gasteiger charge is 2.42. The lowest BCUT2D eigenvalue weighted by Gasteiger charge is -2.39. The van der Waals surface area contributed by atoms with E-state index in [4.69, 9.17) is 0 Å². The molecule has 2 fully saturated rings. The predicted octanol–water partition coefficient (Wildman–Crippen LogP) is -2.43. The molecule has 0 bridgehead atoms. The highest BCUT2D eigenvalue weighted by atomic mass is 32.2. The van der Waals surface area contributed by atoms with E-state index in [0.717, 1.165) is 12.7 Å². The minimum absolute atomic E-state index is 0.110. The molecule has 0 aromatic heterocycles. The summed E-state index contributed by atoms with van der Waals surface area (Å²) in [6.07, 6.45) is 2.41. The van der Waals surface area contributed by atoms with E-state index in [2.05, 4.69) is 0 Å². The van der Waals surface area contributed by atoms with Crippen molar-refractivity contribution in [2.75, 3.05) is 39.5 Å². The van der Waals surface area contributed by atoms with E-state index in [0.29, 0.717) is 26.1 Å². The molecule has 2 rings (SSSR count). The molecule has 2 atom stereocenters. The Bertz CT molecular complexity index is 500. The predicted molar refractivity (Wildman–Crippen MR) is 77.8 cm³/mol. The molecule has 2 aliphatic rings. The van der Waals surface area contributed by atoms with Crippen LogP contribution in [0.25, 0.3) is 0 Å². The Hall–Kier alpha value is -0.675. The molecule has 10 heteroatoms. The number of carbonyl (C=O) groups excluding carboxylic acids is 1. The van der Waals surface area contributed by atoms with E-state index >= 15 is 0 Å². The second-order valence-corrected chi connectivity index (χ2v) is 7.75. The maximum absolute atomic E-state index is 12.6. The van der Waals surface area contributed by atoms with Gasteiger partial charge in [-0.25, -0.2) is 8.42 Å². The van der Waals surface area contributed by atoms with Crippen LogP contribution in [0.1, 0.15) is 12.8 Å². The summed E-state index contributed by atoms with van der Waals surface area (Å²) in [7, 11) is -3.11. The Kier molecular flexibility index (Phi) is 4.94. The molecular formula is C11H22BN3O5S. The van der Waals surface area contributed by atoms with E-state index in [1.54, 1.807) is 7.05 Å². The van der Waals surface area contributed by atoms with Gasteiger partial charge in [0, 0.05) is 26.2 Å². The fourth-order valence-corrected chi connectivity index (χ4v) is 3.81. The van der Waals surface area contributed by atoms with Gasteiger partial charge in [-0.15, -0.1) is 0 Å². The zero-order chi connectivity index (χ0) is 15.8. The summed E-state index contributed by atoms with van der Waals surface area (Å²) in [5, 5.41) is 18.7. The molecule has 0 unspecified atom stereocenters. The molecule has 0 radical (unpaired) electrons. The molecule has 0 aromatic rings. The summed E-state index contributed by atoms with van der Waals surface area (Å²) < 4.78 is 24.6. The van der Waals surface area contributed by atoms with Crippen molar-refractivity contribution in [1.82, 2.24) is 14.1 Å². The Morgan fingerprint density at radius 3 is 2.48 bits per heavy atom. The minimum atomic E-state index is -3.33. The van der Waals surface area contributed by atoms with Gasteiger partial charge in [0.05, 0.1) is 12.2 Å². The molecule has 8 nitrogen and oxygen atoms in total. The number of sulfonamides is 1. The first-order valence-electron chi connectivity index (χ1n) is 7.04. The van der Waals surface area contributed by atoms with Crippen LogP contribution < -0.4 is 0 Å². The molecule has 0 saturated carbocycles. The Morgan fingerprint density at radius 1 is 1.24 bits per heavy atom. The third kappa shape index (κ3) is 3.57. The van der Waals surface area contributed by atoms with E-state index in [-0.39, 0.29) is 12.5 Å². The first-order chi connectivity index (χ1) is 9.71. The van der Waals surface area contributed by atoms with Crippen molar-refractivity contribution in [3.8, 4) is 0 Å². The number of likely N-dealkylation sites (tertiary alicyclic amines) is 1. The zero-order valence-corrected chi connectivity index (χ0v) is 13.2. The average molecular weight is 319 g/mol. The number of nitrogens with zero attached hydrogens (tertiary/aromatic N) is 3. The van der Waals surface area contributed by atoms with Gasteiger partial charge in [0.1, 0.15) is 6.04 Å². The molecule has 1 amide bonds. The summed E-state index contributed by atoms with van der Waals surface area (Å²) in [6.45, 7) is 1.43. The number of hydrogen-bond donors (Lipinski definition) is 2. The molecular weight excluding hydrogens is 297 g/mol. The third-order valence-corrected chi connectivity index (χ3v) is 5.56. The number of likely N-dealkylation sites (N-methyl/N-ethyl adjacent to an activating group) is 1. The SMILES string of the molecule is CN1CCN(S(C)(=O)=O)C[C@H]1C(=O)N1CCC[C@H]1B(O)O. The van der Waals surface area contributed by atoms with Crippen molar-refractivity contribution >= 4 is 23.0 Å². The topological polar surface area (TPSA) is 101 Å². The standard InChI is InChI=1S/C11H22BN3O5S/c1-13-6-7-14(21(2,19)20)8-9(13)11(16)15-5-3-4-10(15)12(17)18/h9-10,17-18H,3-8H2,1-2H3/t9-,10-/m0/s1. The second-order valence-electron chi connectivity index (χ2n) is 5.77. The molecule has 2 N–H and O–H groups in total. The van der Waals surface area contributed by atoms with Gasteiger partial charge in [0.15, 0.2) is 0 Å². The molecule has 120 valence electrons. The van der Waals surface area contributed by atoms with Crippen molar-refractivity contribution in [2.45, 2.75) is 24.8 Å². The Morgan fingerprint density at radius 2 is 1.90 bits per heavy atom. The van der Waals surface area contributed by atoms with Gasteiger partial charge in [0.25, 0.3) is 0 Å². The fourth-order valence-electron chi connectivity index (χ4n) is 2.98. The van der Waals surface area contributed by atoms with Crippen molar-refractivity contribution < 1.29 is 23.3 Å². The van der Waals surface area contributed by atoms with Crippen LogP contribution in [0.5, 0.6) is 0 Å². The van der Waals surface area contributed by atoms with Crippen molar-refractivity contribution in [3.63, 3.8) is 0 Å². The molecule has 21 heavy (non-hydrogen) atoms. The van der Waals surface area contributed by atoms with Gasteiger partial charge < -0.3 is 14.9 Å². The van der Waals surface area contributed by atoms with Gasteiger partial charge in [-0.05, 0) is 19.9 Å². The minimum Gasteiger partial charge on any atom is -0.426 e. The lowest BCUT2D eigenvalue weighted by atomic mass is 9.77. The lowest BCUT2D eigenvalue weighted by Crippen LogP contribution is -2.60. The second kappa shape index (κ2) is 6.21. The summed E-state index contributed by atoms with van der Waals surface area (Å²) in [4.78, 5) is 15.9. The number of hydrogen-bond acceptors (Lipinski definition) is 6. The summed E-state index contributed by atoms with van der Waals surface area (Å²) in [5.41, 5.74) is 0. The summed E-state index contributed by atoms with van der Waals surface area (Å²) in [6, 6.07) is -0.576. The van der Waals surface area contributed by atoms with Crippen LogP contribution in [0.4, 0.5) is 0 Å². The average Bonchev–Trinajstić information content (AvgIpc) is 2.86. The molecule has 2 aliphatic heterocycles. The Balaban J connectivity index is 2.13. The number of piperazine rings is 1. The quantitative estimate of drug-likeness (QED) is 0.561. The van der Waals surface area contributed by atoms with Gasteiger partial charge >= 0.3 is 7.12 Å². The monoisotopic (exact) mass is 319 g/mol. The Labute approximate surface area is 125 Å². The highest BCUT2D eigenvalue weighted by Crippen LogP contribution is 2.22. The number of rotatable bonds is 3. The van der Waals surface area contributed by atoms with Crippen LogP contribution in [0.3, 0.4) is 0 Å². The molecule has 0 aromatic carbocycles. The van der Waals surface area contributed by atoms with Crippen LogP contribution in [0.2, 0.25) is 0 Å². The van der Waals surface area contributed by atoms with Gasteiger partial charge in [-0.3, -0.25) is 9.69 Å². The van der Waals surface area contributed by atoms with Gasteiger partial charge in [0.2, 0.25) is 15.9 Å². The largest absolute Gasteiger partial charge is 0.475 e. The maximum Gasteiger partial charge on any atom is 0.475 e. The fraction of sp³-hybridized carbons (Fsp3) is 0.909. The summed E-state index contributed by atoms with van der Waals surface area (Å²) in [5.74, 6) is -0.832. The molecule has 2 saturated heterocycles. The van der Waals surface area contributed by atoms with Crippen molar-refractivity contribution in [3.05, 3.63) is 0 Å². The summed E-state index contributed by atoms with van der Waals surface area (Å²) >= 11 is 0. The molecule has 0 aliphatic carbocycles. The van der Waals surface area contributed by atoms with Crippen LogP contribution in [-0.4, -0.2) is 97.1 Å². The third-order valence-electron chi connectivity index (χ3n) is 4.29. The lowest BCUT2D eigenvalue weighted by molar-refractivity contribution is -0.137. The highest BCUT2D eigenvalue weighted by molar-refractivity contribution is 7.88. The van der Waals surface area contributed by atoms with E-state index in [1.165, 1.54) is 9.21 Å². The van der Waals surface area contributed by atoms with E-state index in [1.807, 2.05) is 4.90 Å². The number of amides is 1. The van der Waals surface area contributed by atoms with Crippen LogP contribution >= 0.6 is 0 Å². The van der Waals surface area contributed by atoms with Crippen LogP contribution in [0, 0.1) is 0 Å². The van der Waals surface area contributed by atoms with Crippen molar-refractivity contribution in [1.29, 1.82) is 0 Å². The first-order valence-corrected chi connectivity index (χ1v) is 8.88. The van der Waals surface area contributed by atoms with Gasteiger partial charge in [-0.2, -0.15) is 4.31 Å². The van der Waals surface area contributed by atoms with Crippen molar-refractivity contribution in [2.24, 2.45) is 0 Å². The van der Waals surface area contributed by atoms with E-state index < -0.39 is 29.1 Å². The smallest absolute Gasteiger partial charge is 0.426 e. The van der Waals surface area contributed by atoms with E-state index in [9.17, 15) is 23.3 Å². The van der Waals surface area contributed by atoms with Gasteiger partial charge in [-0.1, -0.05) is 0 Å². The maximum atomic E-state index is 12.6. The first kappa shape index (κ1) is 16.7. The van der Waals surface area contributed by atoms with Crippen LogP contribution in [-0.2, 0) is 14.8 Å². The molecule has 2 heterocycles. The number of carbonyl (C=O) groups is 1. The zero-order valence-electron chi connectivity index (χ0n) is 12.3. The van der Waals surface area contributed by atoms with Crippen LogP contribution in [0.15, 0.2) is 0 Å².